The van der Waals surface area contributed by atoms with Crippen LogP contribution in [0.5, 0.6) is 5.75 Å². The molecule has 1 aliphatic heterocycles. The zero-order chi connectivity index (χ0) is 26.4. The molecular formula is C27H21N3O6S. The van der Waals surface area contributed by atoms with Gasteiger partial charge in [-0.3, -0.25) is 19.5 Å². The molecule has 1 saturated heterocycles. The normalized spacial score (nSPS) is 16.9. The number of aryl methyl sites for hydroxylation is 2. The molecule has 37 heavy (non-hydrogen) atoms. The van der Waals surface area contributed by atoms with Crippen LogP contribution in [0, 0.1) is 13.8 Å². The SMILES string of the molecule is COc1cc(C)c(/C(O)=C2\C(=O)C(=O)N(c3nc4ccc(C(=O)O)cc4s3)C2c2cccnc2)cc1C. The van der Waals surface area contributed by atoms with Crippen molar-refractivity contribution < 1.29 is 29.3 Å². The van der Waals surface area contributed by atoms with Crippen LogP contribution in [0.3, 0.4) is 0 Å². The lowest BCUT2D eigenvalue weighted by molar-refractivity contribution is -0.132. The minimum atomic E-state index is -1.09. The van der Waals surface area contributed by atoms with Crippen LogP contribution in [0.4, 0.5) is 5.13 Å². The summed E-state index contributed by atoms with van der Waals surface area (Å²) in [5, 5.41) is 21.0. The van der Waals surface area contributed by atoms with E-state index in [1.54, 1.807) is 50.6 Å². The first-order chi connectivity index (χ1) is 17.7. The highest BCUT2D eigenvalue weighted by Crippen LogP contribution is 2.44. The third-order valence-corrected chi connectivity index (χ3v) is 7.29. The number of Topliss-reactive ketones (excluding diaryl/α,β-unsaturated/α-hetero) is 1. The molecule has 3 heterocycles. The van der Waals surface area contributed by atoms with Gasteiger partial charge in [0.1, 0.15) is 11.5 Å². The van der Waals surface area contributed by atoms with Gasteiger partial charge < -0.3 is 14.9 Å². The topological polar surface area (TPSA) is 130 Å². The van der Waals surface area contributed by atoms with Crippen LogP contribution in [0.25, 0.3) is 16.0 Å². The van der Waals surface area contributed by atoms with Gasteiger partial charge in [-0.2, -0.15) is 0 Å². The zero-order valence-electron chi connectivity index (χ0n) is 20.1. The maximum absolute atomic E-state index is 13.4. The van der Waals surface area contributed by atoms with Crippen molar-refractivity contribution in [1.29, 1.82) is 0 Å². The van der Waals surface area contributed by atoms with Crippen molar-refractivity contribution in [3.8, 4) is 5.75 Å². The van der Waals surface area contributed by atoms with Crippen molar-refractivity contribution in [2.75, 3.05) is 12.0 Å². The summed E-state index contributed by atoms with van der Waals surface area (Å²) in [7, 11) is 1.55. The monoisotopic (exact) mass is 515 g/mol. The van der Waals surface area contributed by atoms with Gasteiger partial charge in [0.15, 0.2) is 5.13 Å². The fourth-order valence-electron chi connectivity index (χ4n) is 4.44. The summed E-state index contributed by atoms with van der Waals surface area (Å²) in [6.07, 6.45) is 3.09. The van der Waals surface area contributed by atoms with Crippen LogP contribution >= 0.6 is 11.3 Å². The Morgan fingerprint density at radius 3 is 2.54 bits per heavy atom. The van der Waals surface area contributed by atoms with Crippen molar-refractivity contribution in [3.05, 3.63) is 88.2 Å². The lowest BCUT2D eigenvalue weighted by atomic mass is 9.94. The van der Waals surface area contributed by atoms with E-state index >= 15 is 0 Å². The maximum atomic E-state index is 13.4. The third kappa shape index (κ3) is 4.01. The number of carboxylic acids is 1. The quantitative estimate of drug-likeness (QED) is 0.223. The van der Waals surface area contributed by atoms with E-state index in [9.17, 15) is 24.6 Å². The van der Waals surface area contributed by atoms with Gasteiger partial charge in [0.25, 0.3) is 5.78 Å². The fraction of sp³-hybridized carbons (Fsp3) is 0.148. The van der Waals surface area contributed by atoms with Gasteiger partial charge in [-0.1, -0.05) is 17.4 Å². The number of benzene rings is 2. The Bertz CT molecular complexity index is 1630. The number of aromatic nitrogens is 2. The summed E-state index contributed by atoms with van der Waals surface area (Å²) < 4.78 is 5.91. The van der Waals surface area contributed by atoms with Crippen molar-refractivity contribution in [2.45, 2.75) is 19.9 Å². The molecule has 5 rings (SSSR count). The van der Waals surface area contributed by atoms with E-state index < -0.39 is 23.7 Å². The Labute approximate surface area is 215 Å². The van der Waals surface area contributed by atoms with Gasteiger partial charge in [-0.05, 0) is 66.9 Å². The number of amides is 1. The molecule has 2 N–H and O–H groups in total. The summed E-state index contributed by atoms with van der Waals surface area (Å²) in [5.74, 6) is -2.47. The Morgan fingerprint density at radius 1 is 1.08 bits per heavy atom. The number of pyridine rings is 1. The molecule has 1 amide bonds. The number of aliphatic hydroxyl groups is 1. The van der Waals surface area contributed by atoms with E-state index in [-0.39, 0.29) is 22.0 Å². The summed E-state index contributed by atoms with van der Waals surface area (Å²) in [6.45, 7) is 3.60. The second-order valence-corrected chi connectivity index (χ2v) is 9.59. The molecule has 2 aromatic heterocycles. The molecule has 0 saturated carbocycles. The second kappa shape index (κ2) is 9.14. The van der Waals surface area contributed by atoms with Crippen LogP contribution < -0.4 is 9.64 Å². The molecule has 9 nitrogen and oxygen atoms in total. The highest BCUT2D eigenvalue weighted by Gasteiger charge is 2.48. The summed E-state index contributed by atoms with van der Waals surface area (Å²) in [6, 6.07) is 10.3. The minimum absolute atomic E-state index is 0.0823. The maximum Gasteiger partial charge on any atom is 0.335 e. The Kier molecular flexibility index (Phi) is 5.96. The zero-order valence-corrected chi connectivity index (χ0v) is 20.9. The summed E-state index contributed by atoms with van der Waals surface area (Å²) in [5.41, 5.74) is 2.81. The predicted molar refractivity (Wildman–Crippen MR) is 138 cm³/mol. The lowest BCUT2D eigenvalue weighted by Gasteiger charge is -2.23. The number of rotatable bonds is 5. The number of hydrogen-bond donors (Lipinski definition) is 2. The van der Waals surface area contributed by atoms with E-state index in [2.05, 4.69) is 9.97 Å². The first kappa shape index (κ1) is 24.1. The van der Waals surface area contributed by atoms with E-state index in [0.29, 0.717) is 32.7 Å². The highest BCUT2D eigenvalue weighted by molar-refractivity contribution is 7.22. The number of methoxy groups -OCH3 is 1. The molecule has 1 atom stereocenters. The average molecular weight is 516 g/mol. The van der Waals surface area contributed by atoms with Crippen molar-refractivity contribution >= 4 is 50.1 Å². The molecule has 4 aromatic rings. The van der Waals surface area contributed by atoms with Gasteiger partial charge in [-0.25, -0.2) is 9.78 Å². The van der Waals surface area contributed by atoms with E-state index in [1.165, 1.54) is 23.2 Å². The van der Waals surface area contributed by atoms with Crippen LogP contribution in [0.2, 0.25) is 0 Å². The number of nitrogens with zero attached hydrogens (tertiary/aromatic N) is 3. The number of thiazole rings is 1. The molecule has 1 fully saturated rings. The third-order valence-electron chi connectivity index (χ3n) is 6.27. The molecule has 0 radical (unpaired) electrons. The number of aromatic carboxylic acids is 1. The molecule has 186 valence electrons. The Hall–Kier alpha value is -4.57. The van der Waals surface area contributed by atoms with Crippen LogP contribution in [0.15, 0.2) is 60.4 Å². The highest BCUT2D eigenvalue weighted by atomic mass is 32.1. The largest absolute Gasteiger partial charge is 0.507 e. The average Bonchev–Trinajstić information content (AvgIpc) is 3.42. The molecule has 2 aromatic carbocycles. The number of carboxylic acid groups (broad SMARTS) is 1. The molecule has 0 aliphatic carbocycles. The molecular weight excluding hydrogens is 494 g/mol. The van der Waals surface area contributed by atoms with Crippen molar-refractivity contribution in [3.63, 3.8) is 0 Å². The van der Waals surface area contributed by atoms with Gasteiger partial charge in [0.05, 0.1) is 34.5 Å². The van der Waals surface area contributed by atoms with Crippen LogP contribution in [-0.4, -0.2) is 45.0 Å². The minimum Gasteiger partial charge on any atom is -0.507 e. The molecule has 1 aliphatic rings. The number of aliphatic hydroxyl groups excluding tert-OH is 1. The standard InChI is InChI=1S/C27H21N3O6S/c1-13-10-19(36-3)14(2)9-17(13)23(31)21-22(16-5-4-8-28-12-16)30(25(33)24(21)32)27-29-18-7-6-15(26(34)35)11-20(18)37-27/h4-12,22,31H,1-3H3,(H,34,35)/b23-21+. The summed E-state index contributed by atoms with van der Waals surface area (Å²) >= 11 is 1.09. The van der Waals surface area contributed by atoms with Gasteiger partial charge in [0.2, 0.25) is 0 Å². The number of ether oxygens (including phenoxy) is 1. The first-order valence-electron chi connectivity index (χ1n) is 11.2. The molecule has 10 heteroatoms. The van der Waals surface area contributed by atoms with E-state index in [1.807, 2.05) is 6.92 Å². The molecule has 1 unspecified atom stereocenters. The van der Waals surface area contributed by atoms with Gasteiger partial charge in [-0.15, -0.1) is 0 Å². The van der Waals surface area contributed by atoms with Crippen LogP contribution in [0.1, 0.15) is 38.7 Å². The lowest BCUT2D eigenvalue weighted by Crippen LogP contribution is -2.29. The fourth-order valence-corrected chi connectivity index (χ4v) is 5.47. The Morgan fingerprint density at radius 2 is 1.86 bits per heavy atom. The van der Waals surface area contributed by atoms with Gasteiger partial charge >= 0.3 is 11.9 Å². The van der Waals surface area contributed by atoms with E-state index in [0.717, 1.165) is 16.9 Å². The smallest absolute Gasteiger partial charge is 0.335 e. The summed E-state index contributed by atoms with van der Waals surface area (Å²) in [4.78, 5) is 48.1. The van der Waals surface area contributed by atoms with E-state index in [4.69, 9.17) is 4.74 Å². The second-order valence-electron chi connectivity index (χ2n) is 8.58. The van der Waals surface area contributed by atoms with Crippen molar-refractivity contribution in [1.82, 2.24) is 9.97 Å². The molecule has 0 spiro atoms. The first-order valence-corrected chi connectivity index (χ1v) is 12.0. The Balaban J connectivity index is 1.72. The van der Waals surface area contributed by atoms with Gasteiger partial charge in [0, 0.05) is 18.0 Å². The number of carbonyl (C=O) groups excluding carboxylic acids is 2. The van der Waals surface area contributed by atoms with Crippen LogP contribution in [-0.2, 0) is 9.59 Å². The number of carbonyl (C=O) groups is 3. The number of fused-ring (bicyclic) bond motifs is 1. The number of hydrogen-bond acceptors (Lipinski definition) is 8. The predicted octanol–water partition coefficient (Wildman–Crippen LogP) is 4.64. The number of ketones is 1. The molecule has 0 bridgehead atoms. The number of anilines is 1. The van der Waals surface area contributed by atoms with Crippen molar-refractivity contribution in [2.24, 2.45) is 0 Å².